The molecule has 1 amide bonds. The molecule has 0 aliphatic rings. The maximum Gasteiger partial charge on any atom is 0.328 e. The van der Waals surface area contributed by atoms with Crippen molar-refractivity contribution in [3.05, 3.63) is 24.3 Å². The van der Waals surface area contributed by atoms with E-state index in [0.717, 1.165) is 51.4 Å². The standard InChI is InChI=1S/C51H97N5O5/c1-3-5-7-9-11-13-15-17-19-20-21-22-23-25-27-29-31-33-35-37-40-45(39-36-34-32-30-28-26-24-18-16-14-12-10-8-6-4-2)61-50(60)47(42-43-48(57)58)56-49(59)46(52)41-38-44-55-51(53)54/h17-19,24,45-47H,3-16,20-23,25-44,52H2,1-2H3,(H,56,59)(H,57,58)(H4,53,54,55)/b19-17-,24-18-. The Bertz CT molecular complexity index is 1110. The molecule has 0 saturated heterocycles. The third-order valence-corrected chi connectivity index (χ3v) is 11.7. The van der Waals surface area contributed by atoms with Gasteiger partial charge < -0.3 is 32.4 Å². The lowest BCUT2D eigenvalue weighted by molar-refractivity contribution is -0.154. The molecule has 0 heterocycles. The number of rotatable bonds is 46. The molecule has 0 aliphatic carbocycles. The number of unbranched alkanes of at least 4 members (excludes halogenated alkanes) is 27. The number of guanidine groups is 1. The molecule has 10 nitrogen and oxygen atoms in total. The molecule has 0 spiro atoms. The molecule has 10 heteroatoms. The molecular formula is C51H97N5O5. The monoisotopic (exact) mass is 860 g/mol. The summed E-state index contributed by atoms with van der Waals surface area (Å²) in [6.07, 6.45) is 50.2. The lowest BCUT2D eigenvalue weighted by Gasteiger charge is -2.24. The van der Waals surface area contributed by atoms with Gasteiger partial charge in [-0.3, -0.25) is 14.6 Å². The Balaban J connectivity index is 4.73. The van der Waals surface area contributed by atoms with Crippen LogP contribution in [0.15, 0.2) is 29.3 Å². The average Bonchev–Trinajstić information content (AvgIpc) is 3.23. The van der Waals surface area contributed by atoms with Crippen LogP contribution < -0.4 is 22.5 Å². The van der Waals surface area contributed by atoms with Gasteiger partial charge in [-0.1, -0.05) is 173 Å². The molecule has 0 fully saturated rings. The first-order valence-electron chi connectivity index (χ1n) is 25.5. The molecule has 3 unspecified atom stereocenters. The second-order valence-corrected chi connectivity index (χ2v) is 17.6. The number of hydrogen-bond donors (Lipinski definition) is 5. The van der Waals surface area contributed by atoms with Crippen LogP contribution in [0.3, 0.4) is 0 Å². The van der Waals surface area contributed by atoms with E-state index in [4.69, 9.17) is 21.9 Å². The first kappa shape index (κ1) is 58.1. The van der Waals surface area contributed by atoms with E-state index < -0.39 is 29.9 Å². The Morgan fingerprint density at radius 2 is 0.918 bits per heavy atom. The predicted molar refractivity (Wildman–Crippen MR) is 259 cm³/mol. The maximum atomic E-state index is 13.5. The zero-order valence-electron chi connectivity index (χ0n) is 39.7. The number of nitrogens with one attached hydrogen (secondary N) is 1. The van der Waals surface area contributed by atoms with Crippen LogP contribution in [0.5, 0.6) is 0 Å². The number of nitrogens with zero attached hydrogens (tertiary/aromatic N) is 1. The summed E-state index contributed by atoms with van der Waals surface area (Å²) in [6, 6.07) is -1.96. The summed E-state index contributed by atoms with van der Waals surface area (Å²) in [6.45, 7) is 4.87. The number of carboxylic acid groups (broad SMARTS) is 1. The van der Waals surface area contributed by atoms with Gasteiger partial charge in [0.1, 0.15) is 12.1 Å². The van der Waals surface area contributed by atoms with Crippen molar-refractivity contribution >= 4 is 23.8 Å². The number of aliphatic carboxylic acids is 1. The number of carbonyl (C=O) groups is 3. The van der Waals surface area contributed by atoms with Gasteiger partial charge in [0.05, 0.1) is 6.04 Å². The zero-order valence-corrected chi connectivity index (χ0v) is 39.7. The normalized spacial score (nSPS) is 13.1. The van der Waals surface area contributed by atoms with Gasteiger partial charge in [-0.15, -0.1) is 0 Å². The smallest absolute Gasteiger partial charge is 0.328 e. The van der Waals surface area contributed by atoms with Gasteiger partial charge in [0.2, 0.25) is 5.91 Å². The molecule has 0 aromatic heterocycles. The highest BCUT2D eigenvalue weighted by molar-refractivity contribution is 5.87. The molecule has 61 heavy (non-hydrogen) atoms. The summed E-state index contributed by atoms with van der Waals surface area (Å²) in [5.41, 5.74) is 16.9. The predicted octanol–water partition coefficient (Wildman–Crippen LogP) is 12.7. The number of hydrogen-bond acceptors (Lipinski definition) is 6. The minimum Gasteiger partial charge on any atom is -0.481 e. The summed E-state index contributed by atoms with van der Waals surface area (Å²) in [7, 11) is 0. The summed E-state index contributed by atoms with van der Waals surface area (Å²) in [5, 5.41) is 12.0. The Kier molecular flexibility index (Phi) is 43.0. The largest absolute Gasteiger partial charge is 0.481 e. The van der Waals surface area contributed by atoms with E-state index in [1.54, 1.807) is 0 Å². The number of amides is 1. The van der Waals surface area contributed by atoms with Crippen LogP contribution in [0.2, 0.25) is 0 Å². The molecule has 356 valence electrons. The maximum absolute atomic E-state index is 13.5. The number of allylic oxidation sites excluding steroid dienone is 4. The summed E-state index contributed by atoms with van der Waals surface area (Å²) in [5.74, 6) is -2.17. The van der Waals surface area contributed by atoms with Crippen LogP contribution in [0, 0.1) is 0 Å². The van der Waals surface area contributed by atoms with Gasteiger partial charge in [-0.25, -0.2) is 4.79 Å². The van der Waals surface area contributed by atoms with Crippen molar-refractivity contribution in [1.82, 2.24) is 5.32 Å². The number of carbonyl (C=O) groups excluding carboxylic acids is 2. The summed E-state index contributed by atoms with van der Waals surface area (Å²) < 4.78 is 6.06. The number of esters is 1. The third-order valence-electron chi connectivity index (χ3n) is 11.7. The van der Waals surface area contributed by atoms with Gasteiger partial charge in [-0.2, -0.15) is 0 Å². The van der Waals surface area contributed by atoms with Crippen LogP contribution >= 0.6 is 0 Å². The van der Waals surface area contributed by atoms with Crippen molar-refractivity contribution in [2.45, 2.75) is 270 Å². The first-order valence-corrected chi connectivity index (χ1v) is 25.5. The Morgan fingerprint density at radius 3 is 1.30 bits per heavy atom. The fourth-order valence-corrected chi connectivity index (χ4v) is 7.72. The number of ether oxygens (including phenoxy) is 1. The van der Waals surface area contributed by atoms with Crippen molar-refractivity contribution in [3.63, 3.8) is 0 Å². The van der Waals surface area contributed by atoms with Crippen LogP contribution in [-0.2, 0) is 19.1 Å². The van der Waals surface area contributed by atoms with Crippen molar-refractivity contribution in [2.24, 2.45) is 22.2 Å². The number of aliphatic imine (C=N–C) groups is 1. The Hall–Kier alpha value is -2.88. The average molecular weight is 860 g/mol. The van der Waals surface area contributed by atoms with Crippen molar-refractivity contribution in [2.75, 3.05) is 6.54 Å². The van der Waals surface area contributed by atoms with Crippen LogP contribution in [0.1, 0.15) is 251 Å². The van der Waals surface area contributed by atoms with E-state index in [-0.39, 0.29) is 24.9 Å². The third kappa shape index (κ3) is 42.2. The summed E-state index contributed by atoms with van der Waals surface area (Å²) in [4.78, 5) is 41.8. The molecule has 0 aromatic rings. The SMILES string of the molecule is CCCCCCCC/C=C\CCCCCCCCCCCCC(CCCCCCC/C=C\CCCCCCCC)OC(=O)C(CCC(=O)O)NC(=O)C(N)CCCN=C(N)N. The quantitative estimate of drug-likeness (QED) is 0.0132. The van der Waals surface area contributed by atoms with E-state index in [0.29, 0.717) is 19.4 Å². The van der Waals surface area contributed by atoms with Crippen LogP contribution in [0.25, 0.3) is 0 Å². The van der Waals surface area contributed by atoms with Crippen LogP contribution in [-0.4, -0.2) is 53.6 Å². The fraction of sp³-hybridized carbons (Fsp3) is 0.843. The summed E-state index contributed by atoms with van der Waals surface area (Å²) >= 11 is 0. The van der Waals surface area contributed by atoms with Gasteiger partial charge >= 0.3 is 11.9 Å². The molecule has 8 N–H and O–H groups in total. The zero-order chi connectivity index (χ0) is 44.9. The minimum absolute atomic E-state index is 0.0282. The molecule has 0 aliphatic heterocycles. The first-order chi connectivity index (χ1) is 29.7. The highest BCUT2D eigenvalue weighted by Crippen LogP contribution is 2.19. The van der Waals surface area contributed by atoms with Crippen molar-refractivity contribution in [1.29, 1.82) is 0 Å². The fourth-order valence-electron chi connectivity index (χ4n) is 7.72. The van der Waals surface area contributed by atoms with Crippen molar-refractivity contribution < 1.29 is 24.2 Å². The van der Waals surface area contributed by atoms with E-state index in [1.165, 1.54) is 161 Å². The lowest BCUT2D eigenvalue weighted by Crippen LogP contribution is -2.49. The molecule has 3 atom stereocenters. The topological polar surface area (TPSA) is 183 Å². The molecule has 0 radical (unpaired) electrons. The highest BCUT2D eigenvalue weighted by Gasteiger charge is 2.27. The lowest BCUT2D eigenvalue weighted by atomic mass is 10.0. The molecular weight excluding hydrogens is 763 g/mol. The van der Waals surface area contributed by atoms with Crippen LogP contribution in [0.4, 0.5) is 0 Å². The molecule has 0 bridgehead atoms. The van der Waals surface area contributed by atoms with E-state index >= 15 is 0 Å². The van der Waals surface area contributed by atoms with Gasteiger partial charge in [0.25, 0.3) is 0 Å². The highest BCUT2D eigenvalue weighted by atomic mass is 16.5. The van der Waals surface area contributed by atoms with Gasteiger partial charge in [-0.05, 0) is 96.3 Å². The number of carboxylic acids is 1. The molecule has 0 rings (SSSR count). The van der Waals surface area contributed by atoms with Gasteiger partial charge in [0, 0.05) is 13.0 Å². The second-order valence-electron chi connectivity index (χ2n) is 17.6. The van der Waals surface area contributed by atoms with E-state index in [1.807, 2.05) is 0 Å². The molecule has 0 saturated carbocycles. The van der Waals surface area contributed by atoms with Gasteiger partial charge in [0.15, 0.2) is 5.96 Å². The minimum atomic E-state index is -1.07. The van der Waals surface area contributed by atoms with E-state index in [9.17, 15) is 19.5 Å². The number of nitrogens with two attached hydrogens (primary N) is 3. The van der Waals surface area contributed by atoms with E-state index in [2.05, 4.69) is 48.5 Å². The van der Waals surface area contributed by atoms with Crippen molar-refractivity contribution in [3.8, 4) is 0 Å². The molecule has 0 aromatic carbocycles. The Labute approximate surface area is 374 Å². The second kappa shape index (κ2) is 45.2. The Morgan fingerprint density at radius 1 is 0.541 bits per heavy atom.